The predicted molar refractivity (Wildman–Crippen MR) is 71.8 cm³/mol. The summed E-state index contributed by atoms with van der Waals surface area (Å²) in [6, 6.07) is 7.28. The van der Waals surface area contributed by atoms with Gasteiger partial charge in [0, 0.05) is 19.2 Å². The topological polar surface area (TPSA) is 40.5 Å². The number of likely N-dealkylation sites (tertiary alicyclic amines) is 1. The first kappa shape index (κ1) is 13.4. The second-order valence-electron chi connectivity index (χ2n) is 4.64. The number of hydrogen-bond acceptors (Lipinski definition) is 2. The number of hydrogen-bond donors (Lipinski definition) is 1. The molecule has 0 aliphatic carbocycles. The largest absolute Gasteiger partial charge is 0.396 e. The molecule has 1 heterocycles. The molecule has 1 atom stereocenters. The number of nitrogens with zero attached hydrogens (tertiary/aromatic N) is 1. The van der Waals surface area contributed by atoms with Crippen LogP contribution >= 0.6 is 11.6 Å². The van der Waals surface area contributed by atoms with E-state index in [0.29, 0.717) is 17.0 Å². The lowest BCUT2D eigenvalue weighted by atomic mass is 9.98. The summed E-state index contributed by atoms with van der Waals surface area (Å²) in [5.41, 5.74) is 0.559. The highest BCUT2D eigenvalue weighted by Crippen LogP contribution is 2.24. The smallest absolute Gasteiger partial charge is 0.255 e. The minimum atomic E-state index is -0.0150. The molecule has 4 heteroatoms. The number of rotatable bonds is 3. The fourth-order valence-corrected chi connectivity index (χ4v) is 2.72. The van der Waals surface area contributed by atoms with Crippen molar-refractivity contribution < 1.29 is 9.90 Å². The molecule has 1 aliphatic rings. The van der Waals surface area contributed by atoms with Gasteiger partial charge in [0.2, 0.25) is 0 Å². The minimum absolute atomic E-state index is 0.0150. The third-order valence-electron chi connectivity index (χ3n) is 3.45. The molecule has 2 rings (SSSR count). The lowest BCUT2D eigenvalue weighted by Gasteiger charge is -2.35. The Kier molecular flexibility index (Phi) is 4.61. The third-order valence-corrected chi connectivity index (χ3v) is 3.78. The Labute approximate surface area is 112 Å². The maximum atomic E-state index is 12.5. The van der Waals surface area contributed by atoms with E-state index in [1.807, 2.05) is 17.0 Å². The van der Waals surface area contributed by atoms with Crippen LogP contribution in [0.25, 0.3) is 0 Å². The van der Waals surface area contributed by atoms with Gasteiger partial charge in [0.1, 0.15) is 0 Å². The molecule has 0 aromatic heterocycles. The van der Waals surface area contributed by atoms with Crippen molar-refractivity contribution in [1.82, 2.24) is 4.90 Å². The van der Waals surface area contributed by atoms with E-state index in [1.165, 1.54) is 0 Å². The summed E-state index contributed by atoms with van der Waals surface area (Å²) >= 11 is 6.07. The van der Waals surface area contributed by atoms with Crippen LogP contribution in [0, 0.1) is 0 Å². The summed E-state index contributed by atoms with van der Waals surface area (Å²) in [4.78, 5) is 14.3. The van der Waals surface area contributed by atoms with Gasteiger partial charge in [-0.1, -0.05) is 23.7 Å². The Bertz CT molecular complexity index is 420. The standard InChI is InChI=1S/C14H18ClNO2/c15-13-7-2-1-6-12(13)14(18)16-9-4-3-5-11(16)8-10-17/h1-2,6-7,11,17H,3-5,8-10H2/t11-/m0/s1. The van der Waals surface area contributed by atoms with Gasteiger partial charge in [-0.25, -0.2) is 0 Å². The second kappa shape index (κ2) is 6.21. The molecule has 0 saturated carbocycles. The molecule has 1 saturated heterocycles. The van der Waals surface area contributed by atoms with E-state index >= 15 is 0 Å². The zero-order valence-electron chi connectivity index (χ0n) is 10.3. The van der Waals surface area contributed by atoms with Gasteiger partial charge in [0.25, 0.3) is 5.91 Å². The summed E-state index contributed by atoms with van der Waals surface area (Å²) in [5.74, 6) is -0.0150. The molecule has 0 radical (unpaired) electrons. The van der Waals surface area contributed by atoms with Gasteiger partial charge < -0.3 is 10.0 Å². The van der Waals surface area contributed by atoms with E-state index in [1.54, 1.807) is 12.1 Å². The van der Waals surface area contributed by atoms with E-state index in [0.717, 1.165) is 25.8 Å². The highest BCUT2D eigenvalue weighted by Gasteiger charge is 2.27. The van der Waals surface area contributed by atoms with Crippen LogP contribution in [0.3, 0.4) is 0 Å². The Hall–Kier alpha value is -1.06. The molecule has 1 fully saturated rings. The van der Waals surface area contributed by atoms with Crippen LogP contribution < -0.4 is 0 Å². The van der Waals surface area contributed by atoms with Crippen molar-refractivity contribution in [3.05, 3.63) is 34.9 Å². The van der Waals surface area contributed by atoms with Crippen molar-refractivity contribution in [2.24, 2.45) is 0 Å². The molecule has 1 aromatic rings. The summed E-state index contributed by atoms with van der Waals surface area (Å²) in [6.07, 6.45) is 3.77. The molecule has 18 heavy (non-hydrogen) atoms. The summed E-state index contributed by atoms with van der Waals surface area (Å²) < 4.78 is 0. The molecular weight excluding hydrogens is 250 g/mol. The first-order chi connectivity index (χ1) is 8.74. The molecule has 0 spiro atoms. The second-order valence-corrected chi connectivity index (χ2v) is 5.05. The fraction of sp³-hybridized carbons (Fsp3) is 0.500. The van der Waals surface area contributed by atoms with Crippen LogP contribution in [0.5, 0.6) is 0 Å². The highest BCUT2D eigenvalue weighted by molar-refractivity contribution is 6.33. The lowest BCUT2D eigenvalue weighted by Crippen LogP contribution is -2.44. The molecule has 0 bridgehead atoms. The van der Waals surface area contributed by atoms with Gasteiger partial charge in [-0.15, -0.1) is 0 Å². The van der Waals surface area contributed by atoms with Crippen molar-refractivity contribution in [2.75, 3.05) is 13.2 Å². The molecule has 1 N–H and O–H groups in total. The molecule has 1 aromatic carbocycles. The summed E-state index contributed by atoms with van der Waals surface area (Å²) in [7, 11) is 0. The molecule has 98 valence electrons. The van der Waals surface area contributed by atoms with Gasteiger partial charge in [0.15, 0.2) is 0 Å². The molecule has 3 nitrogen and oxygen atoms in total. The molecule has 1 amide bonds. The molecular formula is C14H18ClNO2. The average Bonchev–Trinajstić information content (AvgIpc) is 2.40. The first-order valence-corrected chi connectivity index (χ1v) is 6.78. The number of aliphatic hydroxyl groups is 1. The monoisotopic (exact) mass is 267 g/mol. The van der Waals surface area contributed by atoms with Crippen LogP contribution in [-0.4, -0.2) is 35.1 Å². The van der Waals surface area contributed by atoms with Crippen molar-refractivity contribution in [1.29, 1.82) is 0 Å². The zero-order chi connectivity index (χ0) is 13.0. The molecule has 0 unspecified atom stereocenters. The SMILES string of the molecule is O=C(c1ccccc1Cl)N1CCCC[C@H]1CCO. The Morgan fingerprint density at radius 2 is 2.17 bits per heavy atom. The van der Waals surface area contributed by atoms with Crippen LogP contribution in [0.1, 0.15) is 36.0 Å². The normalized spacial score (nSPS) is 19.9. The summed E-state index contributed by atoms with van der Waals surface area (Å²) in [6.45, 7) is 0.881. The number of aliphatic hydroxyl groups excluding tert-OH is 1. The van der Waals surface area contributed by atoms with Crippen LogP contribution in [-0.2, 0) is 0 Å². The number of halogens is 1. The number of carbonyl (C=O) groups excluding carboxylic acids is 1. The van der Waals surface area contributed by atoms with Gasteiger partial charge in [-0.05, 0) is 37.8 Å². The van der Waals surface area contributed by atoms with Crippen molar-refractivity contribution in [2.45, 2.75) is 31.7 Å². The van der Waals surface area contributed by atoms with E-state index in [9.17, 15) is 4.79 Å². The van der Waals surface area contributed by atoms with E-state index in [2.05, 4.69) is 0 Å². The number of piperidine rings is 1. The Morgan fingerprint density at radius 1 is 1.39 bits per heavy atom. The molecule has 1 aliphatic heterocycles. The highest BCUT2D eigenvalue weighted by atomic mass is 35.5. The number of carbonyl (C=O) groups is 1. The van der Waals surface area contributed by atoms with Crippen molar-refractivity contribution in [3.8, 4) is 0 Å². The Balaban J connectivity index is 2.18. The Morgan fingerprint density at radius 3 is 2.89 bits per heavy atom. The average molecular weight is 268 g/mol. The number of benzene rings is 1. The minimum Gasteiger partial charge on any atom is -0.396 e. The van der Waals surface area contributed by atoms with Gasteiger partial charge in [0.05, 0.1) is 10.6 Å². The van der Waals surface area contributed by atoms with Crippen molar-refractivity contribution >= 4 is 17.5 Å². The van der Waals surface area contributed by atoms with Gasteiger partial charge in [-0.3, -0.25) is 4.79 Å². The van der Waals surface area contributed by atoms with Crippen LogP contribution in [0.15, 0.2) is 24.3 Å². The van der Waals surface area contributed by atoms with Gasteiger partial charge >= 0.3 is 0 Å². The van der Waals surface area contributed by atoms with Crippen LogP contribution in [0.4, 0.5) is 0 Å². The van der Waals surface area contributed by atoms with Crippen LogP contribution in [0.2, 0.25) is 5.02 Å². The van der Waals surface area contributed by atoms with Crippen molar-refractivity contribution in [3.63, 3.8) is 0 Å². The van der Waals surface area contributed by atoms with E-state index in [4.69, 9.17) is 16.7 Å². The lowest BCUT2D eigenvalue weighted by molar-refractivity contribution is 0.0575. The zero-order valence-corrected chi connectivity index (χ0v) is 11.1. The predicted octanol–water partition coefficient (Wildman–Crippen LogP) is 2.72. The quantitative estimate of drug-likeness (QED) is 0.915. The third kappa shape index (κ3) is 2.85. The fourth-order valence-electron chi connectivity index (χ4n) is 2.51. The van der Waals surface area contributed by atoms with Gasteiger partial charge in [-0.2, -0.15) is 0 Å². The summed E-state index contributed by atoms with van der Waals surface area (Å²) in [5, 5.41) is 9.58. The first-order valence-electron chi connectivity index (χ1n) is 6.40. The number of amides is 1. The maximum Gasteiger partial charge on any atom is 0.255 e. The van der Waals surface area contributed by atoms with E-state index < -0.39 is 0 Å². The van der Waals surface area contributed by atoms with E-state index in [-0.39, 0.29) is 18.6 Å². The maximum absolute atomic E-state index is 12.5.